The molecule has 2 aliphatic rings. The van der Waals surface area contributed by atoms with Crippen LogP contribution in [0.2, 0.25) is 0 Å². The van der Waals surface area contributed by atoms with Gasteiger partial charge in [0.15, 0.2) is 0 Å². The summed E-state index contributed by atoms with van der Waals surface area (Å²) in [5, 5.41) is 0. The van der Waals surface area contributed by atoms with Crippen LogP contribution in [0.4, 0.5) is 0 Å². The van der Waals surface area contributed by atoms with E-state index >= 15 is 0 Å². The van der Waals surface area contributed by atoms with E-state index in [1.807, 2.05) is 18.1 Å². The van der Waals surface area contributed by atoms with Gasteiger partial charge in [0.25, 0.3) is 0 Å². The normalized spacial score (nSPS) is 24.4. The Hall–Kier alpha value is -1.27. The lowest BCUT2D eigenvalue weighted by atomic mass is 9.97. The molecule has 1 saturated heterocycles. The molecule has 2 rings (SSSR count). The van der Waals surface area contributed by atoms with E-state index in [2.05, 4.69) is 11.1 Å². The third-order valence-corrected chi connectivity index (χ3v) is 3.05. The summed E-state index contributed by atoms with van der Waals surface area (Å²) in [4.78, 5) is 13.1. The van der Waals surface area contributed by atoms with E-state index in [0.717, 1.165) is 37.1 Å². The van der Waals surface area contributed by atoms with Crippen LogP contribution in [0.5, 0.6) is 0 Å². The summed E-state index contributed by atoms with van der Waals surface area (Å²) < 4.78 is 0. The fourth-order valence-corrected chi connectivity index (χ4v) is 2.18. The van der Waals surface area contributed by atoms with Crippen molar-refractivity contribution in [3.05, 3.63) is 29.5 Å². The smallest absolute Gasteiger partial charge is 0.132 e. The molecule has 0 aromatic heterocycles. The average Bonchev–Trinajstić information content (AvgIpc) is 2.31. The largest absolute Gasteiger partial charge is 0.377 e. The summed E-state index contributed by atoms with van der Waals surface area (Å²) in [7, 11) is 0. The second-order valence-electron chi connectivity index (χ2n) is 4.21. The third kappa shape index (κ3) is 2.60. The Labute approximate surface area is 91.0 Å². The topological polar surface area (TPSA) is 20.3 Å². The average molecular weight is 203 g/mol. The van der Waals surface area contributed by atoms with Crippen molar-refractivity contribution < 1.29 is 4.79 Å². The predicted octanol–water partition coefficient (Wildman–Crippen LogP) is 2.46. The maximum Gasteiger partial charge on any atom is 0.132 e. The van der Waals surface area contributed by atoms with Crippen molar-refractivity contribution in [2.45, 2.75) is 32.1 Å². The molecule has 80 valence electrons. The first-order valence-corrected chi connectivity index (χ1v) is 5.77. The molecule has 0 saturated carbocycles. The van der Waals surface area contributed by atoms with Crippen LogP contribution in [0.1, 0.15) is 32.1 Å². The predicted molar refractivity (Wildman–Crippen MR) is 61.1 cm³/mol. The zero-order chi connectivity index (χ0) is 10.5. The molecule has 0 N–H and O–H groups in total. The molecule has 15 heavy (non-hydrogen) atoms. The standard InChI is InChI=1S/C13H17NO/c15-11-13-7-3-2-6-12(13)10-14-8-4-1-5-9-14/h3,7,10H,1-2,4-6,8-9H2/b12-10+. The van der Waals surface area contributed by atoms with Gasteiger partial charge in [0.2, 0.25) is 0 Å². The van der Waals surface area contributed by atoms with Crippen LogP contribution >= 0.6 is 0 Å². The van der Waals surface area contributed by atoms with E-state index in [1.54, 1.807) is 0 Å². The van der Waals surface area contributed by atoms with Gasteiger partial charge in [-0.25, -0.2) is 4.79 Å². The molecule has 1 heterocycles. The minimum atomic E-state index is 0.742. The lowest BCUT2D eigenvalue weighted by Crippen LogP contribution is -2.25. The van der Waals surface area contributed by atoms with Crippen LogP contribution in [-0.4, -0.2) is 23.9 Å². The van der Waals surface area contributed by atoms with E-state index in [-0.39, 0.29) is 0 Å². The first-order chi connectivity index (χ1) is 7.40. The van der Waals surface area contributed by atoms with Gasteiger partial charge in [0, 0.05) is 19.3 Å². The van der Waals surface area contributed by atoms with Gasteiger partial charge in [-0.2, -0.15) is 0 Å². The van der Waals surface area contributed by atoms with Crippen molar-refractivity contribution in [1.29, 1.82) is 0 Å². The zero-order valence-corrected chi connectivity index (χ0v) is 9.04. The number of piperidine rings is 1. The highest BCUT2D eigenvalue weighted by molar-refractivity contribution is 5.66. The summed E-state index contributed by atoms with van der Waals surface area (Å²) >= 11 is 0. The van der Waals surface area contributed by atoms with Crippen LogP contribution < -0.4 is 0 Å². The molecule has 2 nitrogen and oxygen atoms in total. The van der Waals surface area contributed by atoms with Crippen molar-refractivity contribution in [3.8, 4) is 0 Å². The summed E-state index contributed by atoms with van der Waals surface area (Å²) in [6, 6.07) is 0. The fourth-order valence-electron chi connectivity index (χ4n) is 2.18. The molecule has 0 unspecified atom stereocenters. The number of likely N-dealkylation sites (tertiary alicyclic amines) is 1. The van der Waals surface area contributed by atoms with E-state index in [4.69, 9.17) is 0 Å². The van der Waals surface area contributed by atoms with Crippen LogP contribution in [0.3, 0.4) is 0 Å². The third-order valence-electron chi connectivity index (χ3n) is 3.05. The summed E-state index contributed by atoms with van der Waals surface area (Å²) in [6.07, 6.45) is 12.0. The van der Waals surface area contributed by atoms with Crippen LogP contribution in [0.15, 0.2) is 29.5 Å². The summed E-state index contributed by atoms with van der Waals surface area (Å²) in [5.41, 5.74) is 1.90. The quantitative estimate of drug-likeness (QED) is 0.610. The Morgan fingerprint density at radius 3 is 2.80 bits per heavy atom. The van der Waals surface area contributed by atoms with Gasteiger partial charge in [0.1, 0.15) is 5.94 Å². The Balaban J connectivity index is 2.10. The lowest BCUT2D eigenvalue weighted by Gasteiger charge is -2.26. The molecule has 1 fully saturated rings. The van der Waals surface area contributed by atoms with Crippen molar-refractivity contribution in [2.75, 3.05) is 13.1 Å². The van der Waals surface area contributed by atoms with Crippen molar-refractivity contribution >= 4 is 5.94 Å². The first kappa shape index (κ1) is 10.3. The van der Waals surface area contributed by atoms with Gasteiger partial charge in [0.05, 0.1) is 5.57 Å². The molecular weight excluding hydrogens is 186 g/mol. The van der Waals surface area contributed by atoms with Crippen LogP contribution in [-0.2, 0) is 4.79 Å². The summed E-state index contributed by atoms with van der Waals surface area (Å²) in [6.45, 7) is 2.28. The van der Waals surface area contributed by atoms with Gasteiger partial charge in [-0.15, -0.1) is 0 Å². The number of hydrogen-bond donors (Lipinski definition) is 0. The second-order valence-corrected chi connectivity index (χ2v) is 4.21. The van der Waals surface area contributed by atoms with Gasteiger partial charge in [-0.1, -0.05) is 6.08 Å². The first-order valence-electron chi connectivity index (χ1n) is 5.77. The Kier molecular flexibility index (Phi) is 3.41. The SMILES string of the molecule is O=C=C1C=CCC/C1=C\N1CCCCC1. The minimum Gasteiger partial charge on any atom is -0.377 e. The highest BCUT2D eigenvalue weighted by Crippen LogP contribution is 2.22. The molecule has 0 aromatic carbocycles. The van der Waals surface area contributed by atoms with E-state index < -0.39 is 0 Å². The number of nitrogens with zero attached hydrogens (tertiary/aromatic N) is 1. The van der Waals surface area contributed by atoms with Gasteiger partial charge in [-0.05, 0) is 43.8 Å². The van der Waals surface area contributed by atoms with Crippen LogP contribution in [0, 0.1) is 0 Å². The highest BCUT2D eigenvalue weighted by atomic mass is 16.1. The van der Waals surface area contributed by atoms with Gasteiger partial charge < -0.3 is 4.90 Å². The molecule has 1 aliphatic carbocycles. The number of hydrogen-bond acceptors (Lipinski definition) is 2. The Bertz CT molecular complexity index is 328. The zero-order valence-electron chi connectivity index (χ0n) is 9.04. The van der Waals surface area contributed by atoms with Crippen molar-refractivity contribution in [3.63, 3.8) is 0 Å². The van der Waals surface area contributed by atoms with Gasteiger partial charge >= 0.3 is 0 Å². The van der Waals surface area contributed by atoms with Crippen LogP contribution in [0.25, 0.3) is 0 Å². The molecule has 0 aromatic rings. The molecule has 0 bridgehead atoms. The lowest BCUT2D eigenvalue weighted by molar-refractivity contribution is 0.307. The second kappa shape index (κ2) is 4.99. The maximum atomic E-state index is 10.7. The Morgan fingerprint density at radius 1 is 1.27 bits per heavy atom. The monoisotopic (exact) mass is 203 g/mol. The number of carbonyl (C=O) groups excluding carboxylic acids is 1. The van der Waals surface area contributed by atoms with Crippen molar-refractivity contribution in [2.24, 2.45) is 0 Å². The summed E-state index contributed by atoms with van der Waals surface area (Å²) in [5.74, 6) is 2.03. The minimum absolute atomic E-state index is 0.742. The van der Waals surface area contributed by atoms with E-state index in [0.29, 0.717) is 0 Å². The van der Waals surface area contributed by atoms with Crippen molar-refractivity contribution in [1.82, 2.24) is 4.90 Å². The molecule has 0 amide bonds. The molecule has 0 spiro atoms. The maximum absolute atomic E-state index is 10.7. The Morgan fingerprint density at radius 2 is 2.07 bits per heavy atom. The number of allylic oxidation sites excluding steroid dienone is 4. The highest BCUT2D eigenvalue weighted by Gasteiger charge is 2.11. The molecular formula is C13H17NO. The number of rotatable bonds is 1. The van der Waals surface area contributed by atoms with Gasteiger partial charge in [-0.3, -0.25) is 0 Å². The molecule has 0 atom stereocenters. The van der Waals surface area contributed by atoms with E-state index in [1.165, 1.54) is 19.3 Å². The fraction of sp³-hybridized carbons (Fsp3) is 0.538. The molecule has 0 radical (unpaired) electrons. The van der Waals surface area contributed by atoms with E-state index in [9.17, 15) is 4.79 Å². The molecule has 1 aliphatic heterocycles. The molecule has 2 heteroatoms.